The second-order valence-corrected chi connectivity index (χ2v) is 10.6. The first-order valence-electron chi connectivity index (χ1n) is 13.9. The number of unbranched alkanes of at least 4 members (excludes halogenated alkanes) is 1. The molecule has 1 N–H and O–H groups in total. The number of rotatable bonds is 15. The van der Waals surface area contributed by atoms with Crippen molar-refractivity contribution in [1.82, 2.24) is 5.32 Å². The van der Waals surface area contributed by atoms with Gasteiger partial charge in [-0.3, -0.25) is 4.99 Å². The Morgan fingerprint density at radius 2 is 1.91 bits per heavy atom. The van der Waals surface area contributed by atoms with Crippen LogP contribution in [0.4, 0.5) is 4.39 Å². The first-order chi connectivity index (χ1) is 16.8. The lowest BCUT2D eigenvalue weighted by Crippen LogP contribution is -2.29. The predicted molar refractivity (Wildman–Crippen MR) is 152 cm³/mol. The molecule has 1 aliphatic rings. The molecule has 1 saturated carbocycles. The predicted octanol–water partition coefficient (Wildman–Crippen LogP) is 9.39. The van der Waals surface area contributed by atoms with Crippen LogP contribution >= 0.6 is 0 Å². The van der Waals surface area contributed by atoms with Gasteiger partial charge in [-0.05, 0) is 87.5 Å². The number of aliphatic imine (C=N–C) groups is 1. The number of halogens is 1. The largest absolute Gasteiger partial charge is 0.386 e. The van der Waals surface area contributed by atoms with Crippen molar-refractivity contribution in [2.45, 2.75) is 112 Å². The van der Waals surface area contributed by atoms with E-state index < -0.39 is 6.17 Å². The van der Waals surface area contributed by atoms with Gasteiger partial charge in [-0.25, -0.2) is 4.39 Å². The lowest BCUT2D eigenvalue weighted by Gasteiger charge is -2.22. The van der Waals surface area contributed by atoms with E-state index in [4.69, 9.17) is 4.99 Å². The Kier molecular flexibility index (Phi) is 12.5. The van der Waals surface area contributed by atoms with Crippen molar-refractivity contribution in [3.8, 4) is 0 Å². The van der Waals surface area contributed by atoms with Gasteiger partial charge in [0.25, 0.3) is 0 Å². The normalized spacial score (nSPS) is 17.3. The fourth-order valence-corrected chi connectivity index (χ4v) is 4.57. The number of alkyl halides is 1. The summed E-state index contributed by atoms with van der Waals surface area (Å²) in [5.74, 6) is 1.28. The molecule has 0 radical (unpaired) electrons. The molecular formula is C32H49FN2. The summed E-state index contributed by atoms with van der Waals surface area (Å²) in [6.07, 6.45) is 15.7. The Bertz CT molecular complexity index is 900. The third-order valence-electron chi connectivity index (χ3n) is 6.64. The van der Waals surface area contributed by atoms with Gasteiger partial charge in [0.1, 0.15) is 6.17 Å². The van der Waals surface area contributed by atoms with Crippen molar-refractivity contribution in [2.75, 3.05) is 6.54 Å². The standard InChI is InChI=1S/C32H49FN2/c1-8-10-12-13-24(5)32(30-18-17-28(27-15-16-27)22-31(30)26(7)33)34-20-19-25(6)35-29(14-11-9-2)21-23(3)4/h10,12-13,17-19,22-23,26-27,29,35H,8-9,11,14-16,20-21H2,1-7H3/b12-10-,24-13+,25-19+,34-32?. The number of nitrogens with zero attached hydrogens (tertiary/aromatic N) is 1. The van der Waals surface area contributed by atoms with Crippen LogP contribution in [0.15, 0.2) is 58.8 Å². The van der Waals surface area contributed by atoms with Crippen LogP contribution in [0, 0.1) is 5.92 Å². The molecule has 2 unspecified atom stereocenters. The first-order valence-corrected chi connectivity index (χ1v) is 13.9. The molecule has 0 aliphatic heterocycles. The molecule has 0 spiro atoms. The topological polar surface area (TPSA) is 24.4 Å². The summed E-state index contributed by atoms with van der Waals surface area (Å²) in [5, 5.41) is 3.73. The molecule has 0 saturated heterocycles. The first kappa shape index (κ1) is 29.1. The third kappa shape index (κ3) is 10.2. The Morgan fingerprint density at radius 3 is 2.51 bits per heavy atom. The zero-order valence-electron chi connectivity index (χ0n) is 23.3. The van der Waals surface area contributed by atoms with E-state index in [-0.39, 0.29) is 0 Å². The summed E-state index contributed by atoms with van der Waals surface area (Å²) in [4.78, 5) is 5.01. The molecule has 194 valence electrons. The van der Waals surface area contributed by atoms with Gasteiger partial charge in [0.15, 0.2) is 0 Å². The van der Waals surface area contributed by atoms with Crippen LogP contribution in [0.2, 0.25) is 0 Å². The van der Waals surface area contributed by atoms with Crippen LogP contribution in [0.1, 0.15) is 122 Å². The molecule has 0 bridgehead atoms. The molecule has 1 aliphatic carbocycles. The fourth-order valence-electron chi connectivity index (χ4n) is 4.57. The molecule has 2 rings (SSSR count). The maximum absolute atomic E-state index is 14.8. The van der Waals surface area contributed by atoms with Gasteiger partial charge in [0.2, 0.25) is 0 Å². The summed E-state index contributed by atoms with van der Waals surface area (Å²) in [6, 6.07) is 6.85. The number of hydrogen-bond donors (Lipinski definition) is 1. The zero-order chi connectivity index (χ0) is 25.8. The van der Waals surface area contributed by atoms with E-state index in [2.05, 4.69) is 89.4 Å². The van der Waals surface area contributed by atoms with Gasteiger partial charge >= 0.3 is 0 Å². The molecule has 2 atom stereocenters. The van der Waals surface area contributed by atoms with Crippen molar-refractivity contribution in [2.24, 2.45) is 10.9 Å². The molecule has 1 aromatic rings. The summed E-state index contributed by atoms with van der Waals surface area (Å²) in [5.41, 5.74) is 6.07. The highest BCUT2D eigenvalue weighted by atomic mass is 19.1. The van der Waals surface area contributed by atoms with Crippen molar-refractivity contribution < 1.29 is 4.39 Å². The van der Waals surface area contributed by atoms with E-state index in [9.17, 15) is 4.39 Å². The minimum absolute atomic E-state index is 0.504. The quantitative estimate of drug-likeness (QED) is 0.196. The van der Waals surface area contributed by atoms with E-state index in [0.29, 0.717) is 24.4 Å². The van der Waals surface area contributed by atoms with E-state index >= 15 is 0 Å². The van der Waals surface area contributed by atoms with E-state index in [0.717, 1.165) is 28.8 Å². The molecule has 1 aromatic carbocycles. The number of allylic oxidation sites excluding steroid dienone is 5. The molecular weight excluding hydrogens is 431 g/mol. The molecule has 0 amide bonds. The van der Waals surface area contributed by atoms with Crippen molar-refractivity contribution in [3.05, 3.63) is 70.5 Å². The van der Waals surface area contributed by atoms with E-state index in [1.54, 1.807) is 6.92 Å². The average Bonchev–Trinajstić information content (AvgIpc) is 3.65. The summed E-state index contributed by atoms with van der Waals surface area (Å²) in [7, 11) is 0. The fraction of sp³-hybridized carbons (Fsp3) is 0.594. The lowest BCUT2D eigenvalue weighted by atomic mass is 9.92. The molecule has 35 heavy (non-hydrogen) atoms. The van der Waals surface area contributed by atoms with Crippen molar-refractivity contribution in [3.63, 3.8) is 0 Å². The Hall–Kier alpha value is -2.16. The summed E-state index contributed by atoms with van der Waals surface area (Å²) in [6.45, 7) is 15.4. The molecule has 0 aromatic heterocycles. The smallest absolute Gasteiger partial charge is 0.123 e. The van der Waals surface area contributed by atoms with Crippen LogP contribution in [0.25, 0.3) is 0 Å². The van der Waals surface area contributed by atoms with Gasteiger partial charge in [-0.2, -0.15) is 0 Å². The highest BCUT2D eigenvalue weighted by molar-refractivity contribution is 6.13. The zero-order valence-corrected chi connectivity index (χ0v) is 23.3. The maximum atomic E-state index is 14.8. The van der Waals surface area contributed by atoms with E-state index in [1.165, 1.54) is 49.8 Å². The SMILES string of the molecule is CC/C=C\C=C(/C)C(=NC/C=C(\C)NC(CCCC)CC(C)C)c1ccc(C2CC2)cc1C(C)F. The molecule has 3 heteroatoms. The highest BCUT2D eigenvalue weighted by Crippen LogP contribution is 2.41. The summed E-state index contributed by atoms with van der Waals surface area (Å²) >= 11 is 0. The van der Waals surface area contributed by atoms with Crippen LogP contribution < -0.4 is 5.32 Å². The molecule has 0 heterocycles. The highest BCUT2D eigenvalue weighted by Gasteiger charge is 2.25. The van der Waals surface area contributed by atoms with Gasteiger partial charge in [-0.1, -0.05) is 77.0 Å². The second kappa shape index (κ2) is 15.1. The van der Waals surface area contributed by atoms with Gasteiger partial charge in [0.05, 0.1) is 12.3 Å². The third-order valence-corrected chi connectivity index (χ3v) is 6.64. The minimum Gasteiger partial charge on any atom is -0.386 e. The van der Waals surface area contributed by atoms with Crippen molar-refractivity contribution in [1.29, 1.82) is 0 Å². The second-order valence-electron chi connectivity index (χ2n) is 10.6. The number of benzene rings is 1. The minimum atomic E-state index is -1.03. The Morgan fingerprint density at radius 1 is 1.17 bits per heavy atom. The maximum Gasteiger partial charge on any atom is 0.123 e. The van der Waals surface area contributed by atoms with E-state index in [1.807, 2.05) is 0 Å². The van der Waals surface area contributed by atoms with Gasteiger partial charge in [0, 0.05) is 17.3 Å². The average molecular weight is 481 g/mol. The Balaban J connectivity index is 2.31. The van der Waals surface area contributed by atoms with Crippen LogP contribution in [0.5, 0.6) is 0 Å². The molecule has 1 fully saturated rings. The van der Waals surface area contributed by atoms with Crippen molar-refractivity contribution >= 4 is 5.71 Å². The monoisotopic (exact) mass is 480 g/mol. The lowest BCUT2D eigenvalue weighted by molar-refractivity contribution is 0.373. The Labute approximate surface area is 214 Å². The van der Waals surface area contributed by atoms with Crippen LogP contribution in [-0.2, 0) is 0 Å². The molecule has 2 nitrogen and oxygen atoms in total. The number of nitrogens with one attached hydrogen (secondary N) is 1. The summed E-state index contributed by atoms with van der Waals surface area (Å²) < 4.78 is 14.8. The van der Waals surface area contributed by atoms with Crippen LogP contribution in [-0.4, -0.2) is 18.3 Å². The number of hydrogen-bond acceptors (Lipinski definition) is 2. The van der Waals surface area contributed by atoms with Gasteiger partial charge in [-0.15, -0.1) is 0 Å². The van der Waals surface area contributed by atoms with Gasteiger partial charge < -0.3 is 5.32 Å². The van der Waals surface area contributed by atoms with Crippen LogP contribution in [0.3, 0.4) is 0 Å².